The SMILES string of the molecule is COC(=O)CC1c2cccc(F)c2N=C(N2CCN(c3cccc(F)c3)CC2)N1c1cccc(C(F)(F)F)c1. The zero-order chi connectivity index (χ0) is 27.7. The lowest BCUT2D eigenvalue weighted by atomic mass is 9.97. The van der Waals surface area contributed by atoms with E-state index in [2.05, 4.69) is 4.99 Å². The molecule has 1 saturated heterocycles. The van der Waals surface area contributed by atoms with E-state index in [4.69, 9.17) is 4.74 Å². The molecular weight excluding hydrogens is 519 g/mol. The Labute approximate surface area is 221 Å². The van der Waals surface area contributed by atoms with E-state index < -0.39 is 29.6 Å². The topological polar surface area (TPSA) is 48.4 Å². The molecule has 0 aliphatic carbocycles. The van der Waals surface area contributed by atoms with Gasteiger partial charge in [-0.2, -0.15) is 13.2 Å². The van der Waals surface area contributed by atoms with E-state index >= 15 is 4.39 Å². The standard InChI is InChI=1S/C28H25F5N4O2/c1-39-25(38)17-24-22-9-4-10-23(30)26(22)34-27(37(24)21-8-2-5-18(15-21)28(31,32)33)36-13-11-35(12-14-36)20-7-3-6-19(29)16-20/h2-10,15-16,24H,11-14,17H2,1H3. The van der Waals surface area contributed by atoms with Crippen molar-refractivity contribution in [2.24, 2.45) is 4.99 Å². The average molecular weight is 545 g/mol. The number of carbonyl (C=O) groups excluding carboxylic acids is 1. The van der Waals surface area contributed by atoms with Crippen molar-refractivity contribution in [1.82, 2.24) is 4.90 Å². The highest BCUT2D eigenvalue weighted by molar-refractivity contribution is 6.01. The van der Waals surface area contributed by atoms with Gasteiger partial charge in [0, 0.05) is 43.1 Å². The number of carbonyl (C=O) groups is 1. The van der Waals surface area contributed by atoms with Gasteiger partial charge in [0.25, 0.3) is 0 Å². The quantitative estimate of drug-likeness (QED) is 0.302. The van der Waals surface area contributed by atoms with Crippen molar-refractivity contribution in [3.8, 4) is 0 Å². The molecule has 3 aromatic carbocycles. The first-order valence-corrected chi connectivity index (χ1v) is 12.3. The van der Waals surface area contributed by atoms with Crippen LogP contribution < -0.4 is 9.80 Å². The molecule has 0 radical (unpaired) electrons. The van der Waals surface area contributed by atoms with Gasteiger partial charge in [-0.05, 0) is 42.5 Å². The lowest BCUT2D eigenvalue weighted by Gasteiger charge is -2.45. The molecule has 0 bridgehead atoms. The molecule has 5 rings (SSSR count). The van der Waals surface area contributed by atoms with Gasteiger partial charge in [0.15, 0.2) is 0 Å². The Balaban J connectivity index is 1.57. The van der Waals surface area contributed by atoms with Crippen LogP contribution in [0.1, 0.15) is 23.6 Å². The van der Waals surface area contributed by atoms with E-state index in [0.717, 1.165) is 12.1 Å². The first-order valence-electron chi connectivity index (χ1n) is 12.3. The molecule has 3 aromatic rings. The van der Waals surface area contributed by atoms with Crippen LogP contribution in [0.4, 0.5) is 39.0 Å². The Kier molecular flexibility index (Phi) is 7.16. The van der Waals surface area contributed by atoms with Gasteiger partial charge in [-0.3, -0.25) is 4.79 Å². The number of alkyl halides is 3. The maximum absolute atomic E-state index is 15.0. The van der Waals surface area contributed by atoms with Crippen LogP contribution in [0.2, 0.25) is 0 Å². The van der Waals surface area contributed by atoms with Crippen molar-refractivity contribution in [3.63, 3.8) is 0 Å². The fraction of sp³-hybridized carbons (Fsp3) is 0.286. The summed E-state index contributed by atoms with van der Waals surface area (Å²) in [6.45, 7) is 1.68. The summed E-state index contributed by atoms with van der Waals surface area (Å²) in [5, 5.41) is 0. The van der Waals surface area contributed by atoms with Crippen molar-refractivity contribution in [2.45, 2.75) is 18.6 Å². The largest absolute Gasteiger partial charge is 0.469 e. The summed E-state index contributed by atoms with van der Waals surface area (Å²) in [4.78, 5) is 22.4. The second-order valence-corrected chi connectivity index (χ2v) is 9.26. The Morgan fingerprint density at radius 3 is 2.28 bits per heavy atom. The number of nitrogens with zero attached hydrogens (tertiary/aromatic N) is 4. The minimum absolute atomic E-state index is 0.0252. The van der Waals surface area contributed by atoms with Gasteiger partial charge >= 0.3 is 12.1 Å². The van der Waals surface area contributed by atoms with Crippen LogP contribution in [0.3, 0.4) is 0 Å². The van der Waals surface area contributed by atoms with Crippen molar-refractivity contribution in [1.29, 1.82) is 0 Å². The summed E-state index contributed by atoms with van der Waals surface area (Å²) in [7, 11) is 1.22. The van der Waals surface area contributed by atoms with Gasteiger partial charge in [-0.1, -0.05) is 24.3 Å². The fourth-order valence-electron chi connectivity index (χ4n) is 4.98. The van der Waals surface area contributed by atoms with Crippen LogP contribution in [0.25, 0.3) is 0 Å². The molecule has 2 heterocycles. The first-order chi connectivity index (χ1) is 18.7. The molecular formula is C28H25F5N4O2. The molecule has 0 N–H and O–H groups in total. The second kappa shape index (κ2) is 10.5. The molecule has 0 aromatic heterocycles. The Morgan fingerprint density at radius 2 is 1.59 bits per heavy atom. The molecule has 6 nitrogen and oxygen atoms in total. The lowest BCUT2D eigenvalue weighted by Crippen LogP contribution is -2.55. The first kappa shape index (κ1) is 26.5. The fourth-order valence-corrected chi connectivity index (χ4v) is 4.98. The molecule has 1 atom stereocenters. The predicted octanol–water partition coefficient (Wildman–Crippen LogP) is 5.92. The third-order valence-electron chi connectivity index (χ3n) is 6.89. The minimum Gasteiger partial charge on any atom is -0.469 e. The highest BCUT2D eigenvalue weighted by atomic mass is 19.4. The van der Waals surface area contributed by atoms with Crippen molar-refractivity contribution < 1.29 is 31.5 Å². The summed E-state index contributed by atoms with van der Waals surface area (Å²) in [5.41, 5.74) is 0.379. The number of para-hydroxylation sites is 1. The summed E-state index contributed by atoms with van der Waals surface area (Å²) < 4.78 is 74.7. The van der Waals surface area contributed by atoms with E-state index in [9.17, 15) is 22.4 Å². The average Bonchev–Trinajstić information content (AvgIpc) is 2.93. The van der Waals surface area contributed by atoms with E-state index in [1.165, 1.54) is 43.5 Å². The number of benzene rings is 3. The number of hydrogen-bond donors (Lipinski definition) is 0. The van der Waals surface area contributed by atoms with E-state index in [-0.39, 0.29) is 29.6 Å². The third kappa shape index (κ3) is 5.39. The van der Waals surface area contributed by atoms with Gasteiger partial charge in [-0.25, -0.2) is 13.8 Å². The number of piperazine rings is 1. The number of rotatable bonds is 4. The maximum Gasteiger partial charge on any atom is 0.416 e. The lowest BCUT2D eigenvalue weighted by molar-refractivity contribution is -0.141. The zero-order valence-corrected chi connectivity index (χ0v) is 21.0. The van der Waals surface area contributed by atoms with Crippen molar-refractivity contribution in [3.05, 3.63) is 89.5 Å². The molecule has 39 heavy (non-hydrogen) atoms. The normalized spacial score (nSPS) is 17.5. The maximum atomic E-state index is 15.0. The van der Waals surface area contributed by atoms with Crippen LogP contribution >= 0.6 is 0 Å². The van der Waals surface area contributed by atoms with Crippen LogP contribution in [0, 0.1) is 11.6 Å². The molecule has 11 heteroatoms. The summed E-state index contributed by atoms with van der Waals surface area (Å²) in [5.74, 6) is -1.36. The highest BCUT2D eigenvalue weighted by Crippen LogP contribution is 2.43. The number of ether oxygens (including phenoxy) is 1. The van der Waals surface area contributed by atoms with E-state index in [1.54, 1.807) is 23.1 Å². The molecule has 2 aliphatic rings. The summed E-state index contributed by atoms with van der Waals surface area (Å²) in [6, 6.07) is 14.4. The molecule has 0 saturated carbocycles. The van der Waals surface area contributed by atoms with Crippen LogP contribution in [0.15, 0.2) is 71.7 Å². The van der Waals surface area contributed by atoms with E-state index in [0.29, 0.717) is 37.4 Å². The van der Waals surface area contributed by atoms with Crippen molar-refractivity contribution >= 4 is 29.0 Å². The molecule has 1 fully saturated rings. The molecule has 2 aliphatic heterocycles. The second-order valence-electron chi connectivity index (χ2n) is 9.26. The van der Waals surface area contributed by atoms with Crippen molar-refractivity contribution in [2.75, 3.05) is 43.1 Å². The molecule has 1 unspecified atom stereocenters. The highest BCUT2D eigenvalue weighted by Gasteiger charge is 2.39. The summed E-state index contributed by atoms with van der Waals surface area (Å²) in [6.07, 6.45) is -4.84. The molecule has 0 spiro atoms. The number of aliphatic imine (C=N–C) groups is 1. The number of halogens is 5. The van der Waals surface area contributed by atoms with Gasteiger partial charge < -0.3 is 19.4 Å². The van der Waals surface area contributed by atoms with E-state index in [1.807, 2.05) is 9.80 Å². The number of guanidine groups is 1. The van der Waals surface area contributed by atoms with Crippen LogP contribution in [-0.2, 0) is 15.7 Å². The number of methoxy groups -OCH3 is 1. The summed E-state index contributed by atoms with van der Waals surface area (Å²) >= 11 is 0. The smallest absolute Gasteiger partial charge is 0.416 e. The minimum atomic E-state index is -4.60. The van der Waals surface area contributed by atoms with Crippen LogP contribution in [-0.4, -0.2) is 50.1 Å². The zero-order valence-electron chi connectivity index (χ0n) is 21.0. The van der Waals surface area contributed by atoms with Gasteiger partial charge in [0.2, 0.25) is 5.96 Å². The number of anilines is 2. The van der Waals surface area contributed by atoms with Gasteiger partial charge in [-0.15, -0.1) is 0 Å². The molecule has 0 amide bonds. The number of hydrogen-bond acceptors (Lipinski definition) is 6. The van der Waals surface area contributed by atoms with Gasteiger partial charge in [0.05, 0.1) is 25.1 Å². The number of esters is 1. The predicted molar refractivity (Wildman–Crippen MR) is 137 cm³/mol. The van der Waals surface area contributed by atoms with Gasteiger partial charge in [0.1, 0.15) is 17.3 Å². The number of fused-ring (bicyclic) bond motifs is 1. The van der Waals surface area contributed by atoms with Crippen LogP contribution in [0.5, 0.6) is 0 Å². The Hall–Kier alpha value is -4.15. The molecule has 204 valence electrons. The third-order valence-corrected chi connectivity index (χ3v) is 6.89. The monoisotopic (exact) mass is 544 g/mol. The Morgan fingerprint density at radius 1 is 0.923 bits per heavy atom. The Bertz CT molecular complexity index is 1400.